The summed E-state index contributed by atoms with van der Waals surface area (Å²) in [5, 5.41) is 5.14. The number of hydrogen-bond acceptors (Lipinski definition) is 4. The van der Waals surface area contributed by atoms with Crippen molar-refractivity contribution < 1.29 is 4.74 Å². The molecule has 2 heterocycles. The SMILES string of the molecule is CCC1CN=C(NCc2cc(Br)cc3c2OCC3)S1. The van der Waals surface area contributed by atoms with Crippen molar-refractivity contribution in [2.75, 3.05) is 13.2 Å². The predicted molar refractivity (Wildman–Crippen MR) is 84.2 cm³/mol. The zero-order valence-corrected chi connectivity index (χ0v) is 13.3. The maximum atomic E-state index is 5.73. The van der Waals surface area contributed by atoms with Crippen LogP contribution in [0.25, 0.3) is 0 Å². The van der Waals surface area contributed by atoms with E-state index < -0.39 is 0 Å². The summed E-state index contributed by atoms with van der Waals surface area (Å²) in [4.78, 5) is 4.53. The van der Waals surface area contributed by atoms with Gasteiger partial charge in [0, 0.05) is 28.3 Å². The van der Waals surface area contributed by atoms with Gasteiger partial charge in [0.25, 0.3) is 0 Å². The van der Waals surface area contributed by atoms with E-state index in [1.165, 1.54) is 17.5 Å². The molecule has 1 aromatic carbocycles. The van der Waals surface area contributed by atoms with E-state index in [0.717, 1.165) is 41.5 Å². The molecule has 0 aliphatic carbocycles. The number of fused-ring (bicyclic) bond motifs is 1. The number of amidine groups is 1. The van der Waals surface area contributed by atoms with Gasteiger partial charge in [0.15, 0.2) is 5.17 Å². The standard InChI is InChI=1S/C14H17BrN2OS/c1-2-12-8-17-14(19-12)16-7-10-6-11(15)5-9-3-4-18-13(9)10/h5-6,12H,2-4,7-8H2,1H3,(H,16,17). The lowest BCUT2D eigenvalue weighted by Crippen LogP contribution is -2.19. The van der Waals surface area contributed by atoms with Crippen LogP contribution in [0.2, 0.25) is 0 Å². The molecule has 0 amide bonds. The van der Waals surface area contributed by atoms with E-state index in [9.17, 15) is 0 Å². The van der Waals surface area contributed by atoms with Crippen molar-refractivity contribution in [3.63, 3.8) is 0 Å². The number of benzene rings is 1. The number of hydrogen-bond donors (Lipinski definition) is 1. The second kappa shape index (κ2) is 5.75. The van der Waals surface area contributed by atoms with Crippen molar-refractivity contribution in [2.24, 2.45) is 4.99 Å². The molecule has 102 valence electrons. The average molecular weight is 341 g/mol. The van der Waals surface area contributed by atoms with Crippen LogP contribution in [0.15, 0.2) is 21.6 Å². The molecular weight excluding hydrogens is 324 g/mol. The summed E-state index contributed by atoms with van der Waals surface area (Å²) < 4.78 is 6.86. The molecule has 0 bridgehead atoms. The van der Waals surface area contributed by atoms with E-state index in [4.69, 9.17) is 4.74 Å². The van der Waals surface area contributed by atoms with Crippen LogP contribution >= 0.6 is 27.7 Å². The Morgan fingerprint density at radius 2 is 2.42 bits per heavy atom. The van der Waals surface area contributed by atoms with Crippen LogP contribution in [-0.4, -0.2) is 23.6 Å². The van der Waals surface area contributed by atoms with Crippen LogP contribution in [0.5, 0.6) is 5.75 Å². The lowest BCUT2D eigenvalue weighted by Gasteiger charge is -2.11. The molecule has 0 saturated heterocycles. The van der Waals surface area contributed by atoms with Gasteiger partial charge in [0.2, 0.25) is 0 Å². The van der Waals surface area contributed by atoms with Gasteiger partial charge in [-0.25, -0.2) is 0 Å². The van der Waals surface area contributed by atoms with Crippen molar-refractivity contribution in [3.8, 4) is 5.75 Å². The fraction of sp³-hybridized carbons (Fsp3) is 0.500. The first kappa shape index (κ1) is 13.3. The summed E-state index contributed by atoms with van der Waals surface area (Å²) in [7, 11) is 0. The van der Waals surface area contributed by atoms with Gasteiger partial charge < -0.3 is 10.1 Å². The minimum Gasteiger partial charge on any atom is -0.493 e. The minimum atomic E-state index is 0.645. The number of nitrogens with one attached hydrogen (secondary N) is 1. The number of thioether (sulfide) groups is 1. The lowest BCUT2D eigenvalue weighted by atomic mass is 10.1. The molecule has 3 nitrogen and oxygen atoms in total. The molecule has 2 aliphatic heterocycles. The van der Waals surface area contributed by atoms with Crippen molar-refractivity contribution in [1.29, 1.82) is 0 Å². The first-order valence-electron chi connectivity index (χ1n) is 6.65. The van der Waals surface area contributed by atoms with E-state index in [0.29, 0.717) is 5.25 Å². The third-order valence-electron chi connectivity index (χ3n) is 3.43. The Bertz CT molecular complexity index is 518. The smallest absolute Gasteiger partial charge is 0.157 e. The first-order valence-corrected chi connectivity index (χ1v) is 8.32. The molecule has 0 radical (unpaired) electrons. The summed E-state index contributed by atoms with van der Waals surface area (Å²) >= 11 is 5.42. The third kappa shape index (κ3) is 2.92. The molecule has 0 spiro atoms. The molecule has 0 fully saturated rings. The van der Waals surface area contributed by atoms with Crippen molar-refractivity contribution in [1.82, 2.24) is 5.32 Å². The van der Waals surface area contributed by atoms with E-state index in [2.05, 4.69) is 45.3 Å². The first-order chi connectivity index (χ1) is 9.26. The summed E-state index contributed by atoms with van der Waals surface area (Å²) in [6.07, 6.45) is 2.18. The Labute approximate surface area is 126 Å². The number of nitrogens with zero attached hydrogens (tertiary/aromatic N) is 1. The van der Waals surface area contributed by atoms with Crippen LogP contribution in [0.4, 0.5) is 0 Å². The van der Waals surface area contributed by atoms with Crippen LogP contribution in [0.3, 0.4) is 0 Å². The van der Waals surface area contributed by atoms with E-state index in [-0.39, 0.29) is 0 Å². The zero-order chi connectivity index (χ0) is 13.2. The van der Waals surface area contributed by atoms with E-state index in [1.54, 1.807) is 0 Å². The Morgan fingerprint density at radius 1 is 1.53 bits per heavy atom. The van der Waals surface area contributed by atoms with Crippen LogP contribution in [-0.2, 0) is 13.0 Å². The second-order valence-corrected chi connectivity index (χ2v) is 7.00. The van der Waals surface area contributed by atoms with E-state index >= 15 is 0 Å². The quantitative estimate of drug-likeness (QED) is 0.915. The van der Waals surface area contributed by atoms with Crippen molar-refractivity contribution >= 4 is 32.9 Å². The highest BCUT2D eigenvalue weighted by molar-refractivity contribution is 9.10. The normalized spacial score (nSPS) is 20.9. The summed E-state index contributed by atoms with van der Waals surface area (Å²) in [5.74, 6) is 1.06. The molecule has 19 heavy (non-hydrogen) atoms. The highest BCUT2D eigenvalue weighted by Gasteiger charge is 2.20. The molecule has 3 rings (SSSR count). The van der Waals surface area contributed by atoms with E-state index in [1.807, 2.05) is 11.8 Å². The topological polar surface area (TPSA) is 33.6 Å². The average Bonchev–Trinajstić information content (AvgIpc) is 3.03. The Balaban J connectivity index is 1.68. The summed E-state index contributed by atoms with van der Waals surface area (Å²) in [6.45, 7) is 4.73. The van der Waals surface area contributed by atoms with Gasteiger partial charge in [-0.05, 0) is 24.1 Å². The van der Waals surface area contributed by atoms with Gasteiger partial charge >= 0.3 is 0 Å². The van der Waals surface area contributed by atoms with Crippen molar-refractivity contribution in [2.45, 2.75) is 31.6 Å². The summed E-state index contributed by atoms with van der Waals surface area (Å²) in [5.41, 5.74) is 2.52. The van der Waals surface area contributed by atoms with Gasteiger partial charge in [-0.15, -0.1) is 0 Å². The molecular formula is C14H17BrN2OS. The molecule has 1 aromatic rings. The maximum Gasteiger partial charge on any atom is 0.157 e. The molecule has 1 atom stereocenters. The molecule has 0 aromatic heterocycles. The number of aliphatic imine (C=N–C) groups is 1. The molecule has 2 aliphatic rings. The fourth-order valence-corrected chi connectivity index (χ4v) is 3.86. The van der Waals surface area contributed by atoms with Crippen LogP contribution in [0.1, 0.15) is 24.5 Å². The van der Waals surface area contributed by atoms with Gasteiger partial charge in [0.1, 0.15) is 5.75 Å². The van der Waals surface area contributed by atoms with Gasteiger partial charge in [-0.3, -0.25) is 4.99 Å². The monoisotopic (exact) mass is 340 g/mol. The maximum absolute atomic E-state index is 5.73. The molecule has 0 saturated carbocycles. The summed E-state index contributed by atoms with van der Waals surface area (Å²) in [6, 6.07) is 4.29. The molecule has 1 N–H and O–H groups in total. The Morgan fingerprint density at radius 3 is 3.21 bits per heavy atom. The van der Waals surface area contributed by atoms with Crippen LogP contribution in [0, 0.1) is 0 Å². The third-order valence-corrected chi connectivity index (χ3v) is 5.20. The van der Waals surface area contributed by atoms with Gasteiger partial charge in [0.05, 0.1) is 13.2 Å². The molecule has 5 heteroatoms. The Hall–Kier alpha value is -0.680. The van der Waals surface area contributed by atoms with Crippen LogP contribution < -0.4 is 10.1 Å². The number of halogens is 1. The zero-order valence-electron chi connectivity index (χ0n) is 10.9. The van der Waals surface area contributed by atoms with Gasteiger partial charge in [-0.1, -0.05) is 34.6 Å². The van der Waals surface area contributed by atoms with Crippen molar-refractivity contribution in [3.05, 3.63) is 27.7 Å². The number of rotatable bonds is 3. The molecule has 1 unspecified atom stereocenters. The largest absolute Gasteiger partial charge is 0.493 e. The highest BCUT2D eigenvalue weighted by atomic mass is 79.9. The minimum absolute atomic E-state index is 0.645. The predicted octanol–water partition coefficient (Wildman–Crippen LogP) is 3.36. The fourth-order valence-electron chi connectivity index (χ4n) is 2.38. The lowest BCUT2D eigenvalue weighted by molar-refractivity contribution is 0.353. The second-order valence-electron chi connectivity index (χ2n) is 4.80. The highest BCUT2D eigenvalue weighted by Crippen LogP contribution is 2.33. The Kier molecular flexibility index (Phi) is 4.03. The number of ether oxygens (including phenoxy) is 1. The van der Waals surface area contributed by atoms with Gasteiger partial charge in [-0.2, -0.15) is 0 Å².